The molecule has 0 aliphatic heterocycles. The Morgan fingerprint density at radius 3 is 2.73 bits per heavy atom. The maximum absolute atomic E-state index is 5.99. The molecule has 2 N–H and O–H groups in total. The molecule has 0 aliphatic rings. The second kappa shape index (κ2) is 3.57. The van der Waals surface area contributed by atoms with Gasteiger partial charge in [0.2, 0.25) is 0 Å². The lowest BCUT2D eigenvalue weighted by atomic mass is 10.1. The lowest BCUT2D eigenvalue weighted by Crippen LogP contribution is -1.98. The van der Waals surface area contributed by atoms with Gasteiger partial charge in [-0.25, -0.2) is 0 Å². The van der Waals surface area contributed by atoms with Gasteiger partial charge in [0.15, 0.2) is 0 Å². The first-order valence-corrected chi connectivity index (χ1v) is 4.47. The molecule has 0 spiro atoms. The molecule has 0 aliphatic carbocycles. The molecule has 11 heavy (non-hydrogen) atoms. The molecular formula is C8H9BrClN. The largest absolute Gasteiger partial charge is 0.326 e. The molecule has 0 aromatic heterocycles. The van der Waals surface area contributed by atoms with Gasteiger partial charge in [-0.3, -0.25) is 0 Å². The maximum atomic E-state index is 5.99. The minimum atomic E-state index is 0.493. The van der Waals surface area contributed by atoms with Gasteiger partial charge in [0, 0.05) is 16.0 Å². The lowest BCUT2D eigenvalue weighted by Gasteiger charge is -2.05. The van der Waals surface area contributed by atoms with Crippen molar-refractivity contribution in [1.82, 2.24) is 0 Å². The second-order valence-corrected chi connectivity index (χ2v) is 3.58. The zero-order valence-electron chi connectivity index (χ0n) is 6.20. The minimum absolute atomic E-state index is 0.493. The number of halogens is 2. The molecule has 0 unspecified atom stereocenters. The average Bonchev–Trinajstić information content (AvgIpc) is 2.01. The van der Waals surface area contributed by atoms with E-state index in [1.54, 1.807) is 0 Å². The predicted molar refractivity (Wildman–Crippen MR) is 51.8 cm³/mol. The van der Waals surface area contributed by atoms with Gasteiger partial charge in [-0.05, 0) is 24.1 Å². The van der Waals surface area contributed by atoms with Crippen molar-refractivity contribution in [1.29, 1.82) is 0 Å². The van der Waals surface area contributed by atoms with Crippen LogP contribution in [-0.2, 0) is 6.54 Å². The summed E-state index contributed by atoms with van der Waals surface area (Å²) in [6.45, 7) is 2.46. The standard InChI is InChI=1S/C8H9BrClN/c1-5-7(9)3-2-6(4-11)8(5)10/h2-3H,4,11H2,1H3. The topological polar surface area (TPSA) is 26.0 Å². The van der Waals surface area contributed by atoms with Crippen LogP contribution in [0.25, 0.3) is 0 Å². The first-order chi connectivity index (χ1) is 5.16. The van der Waals surface area contributed by atoms with E-state index in [0.717, 1.165) is 20.6 Å². The van der Waals surface area contributed by atoms with Crippen LogP contribution >= 0.6 is 27.5 Å². The smallest absolute Gasteiger partial charge is 0.0491 e. The quantitative estimate of drug-likeness (QED) is 0.794. The van der Waals surface area contributed by atoms with Crippen LogP contribution in [0, 0.1) is 6.92 Å². The minimum Gasteiger partial charge on any atom is -0.326 e. The molecular weight excluding hydrogens is 225 g/mol. The summed E-state index contributed by atoms with van der Waals surface area (Å²) in [6.07, 6.45) is 0. The third-order valence-electron chi connectivity index (χ3n) is 1.62. The van der Waals surface area contributed by atoms with Crippen LogP contribution in [0.3, 0.4) is 0 Å². The summed E-state index contributed by atoms with van der Waals surface area (Å²) in [6, 6.07) is 3.89. The van der Waals surface area contributed by atoms with Gasteiger partial charge in [-0.1, -0.05) is 33.6 Å². The van der Waals surface area contributed by atoms with Crippen LogP contribution in [0.1, 0.15) is 11.1 Å². The molecule has 1 nitrogen and oxygen atoms in total. The Labute approximate surface area is 79.7 Å². The summed E-state index contributed by atoms with van der Waals surface area (Å²) >= 11 is 9.37. The van der Waals surface area contributed by atoms with Gasteiger partial charge >= 0.3 is 0 Å². The molecule has 1 aromatic rings. The third kappa shape index (κ3) is 1.75. The first kappa shape index (κ1) is 9.04. The summed E-state index contributed by atoms with van der Waals surface area (Å²) in [5, 5.41) is 0.766. The van der Waals surface area contributed by atoms with Crippen molar-refractivity contribution in [3.8, 4) is 0 Å². The van der Waals surface area contributed by atoms with Crippen LogP contribution < -0.4 is 5.73 Å². The van der Waals surface area contributed by atoms with E-state index in [1.165, 1.54) is 0 Å². The summed E-state index contributed by atoms with van der Waals surface area (Å²) in [5.74, 6) is 0. The zero-order chi connectivity index (χ0) is 8.43. The van der Waals surface area contributed by atoms with Gasteiger partial charge in [-0.2, -0.15) is 0 Å². The highest BCUT2D eigenvalue weighted by Gasteiger charge is 2.03. The van der Waals surface area contributed by atoms with Crippen molar-refractivity contribution in [2.45, 2.75) is 13.5 Å². The van der Waals surface area contributed by atoms with Crippen molar-refractivity contribution in [2.75, 3.05) is 0 Å². The van der Waals surface area contributed by atoms with Gasteiger partial charge in [-0.15, -0.1) is 0 Å². The molecule has 0 fully saturated rings. The van der Waals surface area contributed by atoms with Crippen LogP contribution in [0.2, 0.25) is 5.02 Å². The Bertz CT molecular complexity index is 273. The first-order valence-electron chi connectivity index (χ1n) is 3.30. The van der Waals surface area contributed by atoms with Crippen molar-refractivity contribution >= 4 is 27.5 Å². The fourth-order valence-electron chi connectivity index (χ4n) is 0.875. The Hall–Kier alpha value is -0.0500. The molecule has 0 radical (unpaired) electrons. The summed E-state index contributed by atoms with van der Waals surface area (Å²) in [5.41, 5.74) is 7.51. The number of nitrogens with two attached hydrogens (primary N) is 1. The van der Waals surface area contributed by atoms with Crippen molar-refractivity contribution in [3.05, 3.63) is 32.8 Å². The highest BCUT2D eigenvalue weighted by atomic mass is 79.9. The number of benzene rings is 1. The summed E-state index contributed by atoms with van der Waals surface area (Å²) in [7, 11) is 0. The average molecular weight is 235 g/mol. The SMILES string of the molecule is Cc1c(Br)ccc(CN)c1Cl. The Morgan fingerprint density at radius 1 is 1.55 bits per heavy atom. The van der Waals surface area contributed by atoms with E-state index < -0.39 is 0 Å². The van der Waals surface area contributed by atoms with E-state index in [9.17, 15) is 0 Å². The molecule has 0 saturated heterocycles. The molecule has 60 valence electrons. The molecule has 0 bridgehead atoms. The van der Waals surface area contributed by atoms with Crippen molar-refractivity contribution in [2.24, 2.45) is 5.73 Å². The molecule has 0 atom stereocenters. The molecule has 1 aromatic carbocycles. The Morgan fingerprint density at radius 2 is 2.18 bits per heavy atom. The van der Waals surface area contributed by atoms with Crippen molar-refractivity contribution < 1.29 is 0 Å². The molecule has 0 amide bonds. The number of hydrogen-bond donors (Lipinski definition) is 1. The van der Waals surface area contributed by atoms with E-state index >= 15 is 0 Å². The Kier molecular flexibility index (Phi) is 2.93. The van der Waals surface area contributed by atoms with E-state index in [2.05, 4.69) is 15.9 Å². The van der Waals surface area contributed by atoms with E-state index in [0.29, 0.717) is 6.54 Å². The summed E-state index contributed by atoms with van der Waals surface area (Å²) in [4.78, 5) is 0. The Balaban J connectivity index is 3.25. The monoisotopic (exact) mass is 233 g/mol. The van der Waals surface area contributed by atoms with Gasteiger partial charge in [0.25, 0.3) is 0 Å². The van der Waals surface area contributed by atoms with E-state index in [-0.39, 0.29) is 0 Å². The fraction of sp³-hybridized carbons (Fsp3) is 0.250. The van der Waals surface area contributed by atoms with Crippen LogP contribution in [0.4, 0.5) is 0 Å². The second-order valence-electron chi connectivity index (χ2n) is 2.35. The van der Waals surface area contributed by atoms with Crippen molar-refractivity contribution in [3.63, 3.8) is 0 Å². The van der Waals surface area contributed by atoms with E-state index in [1.807, 2.05) is 19.1 Å². The molecule has 3 heteroatoms. The molecule has 0 saturated carbocycles. The number of hydrogen-bond acceptors (Lipinski definition) is 1. The maximum Gasteiger partial charge on any atom is 0.0491 e. The lowest BCUT2D eigenvalue weighted by molar-refractivity contribution is 1.06. The fourth-order valence-corrected chi connectivity index (χ4v) is 1.56. The van der Waals surface area contributed by atoms with Gasteiger partial charge < -0.3 is 5.73 Å². The van der Waals surface area contributed by atoms with Crippen LogP contribution in [-0.4, -0.2) is 0 Å². The highest BCUT2D eigenvalue weighted by Crippen LogP contribution is 2.26. The normalized spacial score (nSPS) is 10.2. The third-order valence-corrected chi connectivity index (χ3v) is 3.01. The molecule has 1 rings (SSSR count). The van der Waals surface area contributed by atoms with Gasteiger partial charge in [0.05, 0.1) is 0 Å². The van der Waals surface area contributed by atoms with Crippen LogP contribution in [0.5, 0.6) is 0 Å². The predicted octanol–water partition coefficient (Wildman–Crippen LogP) is 2.87. The van der Waals surface area contributed by atoms with E-state index in [4.69, 9.17) is 17.3 Å². The summed E-state index contributed by atoms with van der Waals surface area (Å²) < 4.78 is 1.03. The molecule has 0 heterocycles. The highest BCUT2D eigenvalue weighted by molar-refractivity contribution is 9.10. The number of rotatable bonds is 1. The van der Waals surface area contributed by atoms with Gasteiger partial charge in [0.1, 0.15) is 0 Å². The zero-order valence-corrected chi connectivity index (χ0v) is 8.54. The van der Waals surface area contributed by atoms with Crippen LogP contribution in [0.15, 0.2) is 16.6 Å².